The molecule has 2 rings (SSSR count). The van der Waals surface area contributed by atoms with Gasteiger partial charge in [-0.25, -0.2) is 4.98 Å². The van der Waals surface area contributed by atoms with E-state index in [4.69, 9.17) is 0 Å². The van der Waals surface area contributed by atoms with Crippen LogP contribution in [0.4, 0.5) is 17.5 Å². The Hall–Kier alpha value is -1.92. The molecule has 1 heterocycles. The molecular formula is C13H21N5O2. The number of nitrogens with zero attached hydrogens (tertiary/aromatic N) is 4. The van der Waals surface area contributed by atoms with Crippen LogP contribution in [0.1, 0.15) is 31.9 Å². The van der Waals surface area contributed by atoms with Gasteiger partial charge in [-0.15, -0.1) is 0 Å². The average molecular weight is 279 g/mol. The number of hydrogen-bond acceptors (Lipinski definition) is 6. The lowest BCUT2D eigenvalue weighted by Gasteiger charge is -2.19. The smallest absolute Gasteiger partial charge is 0.332 e. The monoisotopic (exact) mass is 279 g/mol. The largest absolute Gasteiger partial charge is 0.354 e. The second-order valence-electron chi connectivity index (χ2n) is 5.31. The van der Waals surface area contributed by atoms with Crippen LogP contribution >= 0.6 is 0 Å². The van der Waals surface area contributed by atoms with Crippen LogP contribution in [-0.4, -0.2) is 35.0 Å². The minimum atomic E-state index is -0.391. The van der Waals surface area contributed by atoms with E-state index >= 15 is 0 Å². The molecule has 0 unspecified atom stereocenters. The molecular weight excluding hydrogens is 258 g/mol. The van der Waals surface area contributed by atoms with Gasteiger partial charge in [0.05, 0.1) is 4.92 Å². The van der Waals surface area contributed by atoms with E-state index in [2.05, 4.69) is 15.3 Å². The van der Waals surface area contributed by atoms with Gasteiger partial charge < -0.3 is 10.2 Å². The summed E-state index contributed by atoms with van der Waals surface area (Å²) in [5.74, 6) is 1.52. The summed E-state index contributed by atoms with van der Waals surface area (Å²) in [6.07, 6.45) is 3.35. The van der Waals surface area contributed by atoms with Gasteiger partial charge in [0.15, 0.2) is 0 Å². The lowest BCUT2D eigenvalue weighted by molar-refractivity contribution is -0.385. The van der Waals surface area contributed by atoms with E-state index < -0.39 is 4.92 Å². The highest BCUT2D eigenvalue weighted by Gasteiger charge is 2.29. The molecule has 0 radical (unpaired) electrons. The SMILES string of the molecule is CCCNc1nc(C)c([N+](=O)[O-])c(N(C)CC2CC2)n1. The van der Waals surface area contributed by atoms with E-state index in [1.54, 1.807) is 6.92 Å². The standard InChI is InChI=1S/C13H21N5O2/c1-4-7-14-13-15-9(2)11(18(19)20)12(16-13)17(3)8-10-5-6-10/h10H,4-8H2,1-3H3,(H,14,15,16). The Bertz CT molecular complexity index is 502. The lowest BCUT2D eigenvalue weighted by Crippen LogP contribution is -2.23. The molecule has 1 aromatic heterocycles. The fourth-order valence-corrected chi connectivity index (χ4v) is 2.12. The van der Waals surface area contributed by atoms with Crippen LogP contribution in [0.3, 0.4) is 0 Å². The van der Waals surface area contributed by atoms with Crippen molar-refractivity contribution in [2.75, 3.05) is 30.4 Å². The number of rotatable bonds is 7. The quantitative estimate of drug-likeness (QED) is 0.609. The summed E-state index contributed by atoms with van der Waals surface area (Å²) in [5, 5.41) is 14.3. The van der Waals surface area contributed by atoms with Crippen LogP contribution < -0.4 is 10.2 Å². The lowest BCUT2D eigenvalue weighted by atomic mass is 10.3. The Balaban J connectivity index is 2.32. The van der Waals surface area contributed by atoms with Gasteiger partial charge in [0, 0.05) is 20.1 Å². The molecule has 1 fully saturated rings. The zero-order valence-corrected chi connectivity index (χ0v) is 12.2. The van der Waals surface area contributed by atoms with Crippen LogP contribution in [0, 0.1) is 23.0 Å². The molecule has 110 valence electrons. The second-order valence-corrected chi connectivity index (χ2v) is 5.31. The molecule has 1 aliphatic rings. The van der Waals surface area contributed by atoms with Crippen LogP contribution in [0.5, 0.6) is 0 Å². The normalized spacial score (nSPS) is 14.2. The molecule has 1 N–H and O–H groups in total. The fourth-order valence-electron chi connectivity index (χ4n) is 2.12. The number of nitrogens with one attached hydrogen (secondary N) is 1. The van der Waals surface area contributed by atoms with E-state index in [0.717, 1.165) is 19.5 Å². The first kappa shape index (κ1) is 14.5. The summed E-state index contributed by atoms with van der Waals surface area (Å²) >= 11 is 0. The summed E-state index contributed by atoms with van der Waals surface area (Å²) in [5.41, 5.74) is 0.413. The summed E-state index contributed by atoms with van der Waals surface area (Å²) in [4.78, 5) is 21.3. The molecule has 1 aliphatic carbocycles. The first-order valence-electron chi connectivity index (χ1n) is 7.01. The average Bonchev–Trinajstić information content (AvgIpc) is 3.18. The molecule has 0 aliphatic heterocycles. The highest BCUT2D eigenvalue weighted by Crippen LogP contribution is 2.34. The zero-order valence-electron chi connectivity index (χ0n) is 12.2. The molecule has 20 heavy (non-hydrogen) atoms. The van der Waals surface area contributed by atoms with E-state index in [-0.39, 0.29) is 5.69 Å². The van der Waals surface area contributed by atoms with Crippen LogP contribution in [0.15, 0.2) is 0 Å². The zero-order chi connectivity index (χ0) is 14.7. The second kappa shape index (κ2) is 6.02. The maximum absolute atomic E-state index is 11.3. The third kappa shape index (κ3) is 3.34. The minimum absolute atomic E-state index is 0.00944. The summed E-state index contributed by atoms with van der Waals surface area (Å²) in [6.45, 7) is 5.27. The van der Waals surface area contributed by atoms with E-state index in [1.165, 1.54) is 12.8 Å². The molecule has 7 nitrogen and oxygen atoms in total. The van der Waals surface area contributed by atoms with Crippen LogP contribution in [-0.2, 0) is 0 Å². The summed E-state index contributed by atoms with van der Waals surface area (Å²) in [6, 6.07) is 0. The van der Waals surface area contributed by atoms with Crippen molar-refractivity contribution in [3.8, 4) is 0 Å². The first-order chi connectivity index (χ1) is 9.52. The van der Waals surface area contributed by atoms with Gasteiger partial charge in [0.25, 0.3) is 0 Å². The summed E-state index contributed by atoms with van der Waals surface area (Å²) < 4.78 is 0. The van der Waals surface area contributed by atoms with Gasteiger partial charge in [0.2, 0.25) is 11.8 Å². The first-order valence-corrected chi connectivity index (χ1v) is 7.01. The fraction of sp³-hybridized carbons (Fsp3) is 0.692. The highest BCUT2D eigenvalue weighted by molar-refractivity contribution is 5.62. The number of anilines is 2. The Morgan fingerprint density at radius 3 is 2.70 bits per heavy atom. The molecule has 0 amide bonds. The third-order valence-electron chi connectivity index (χ3n) is 3.35. The van der Waals surface area contributed by atoms with Crippen LogP contribution in [0.25, 0.3) is 0 Å². The van der Waals surface area contributed by atoms with Gasteiger partial charge in [-0.05, 0) is 32.1 Å². The Labute approximate surface area is 118 Å². The van der Waals surface area contributed by atoms with E-state index in [9.17, 15) is 10.1 Å². The van der Waals surface area contributed by atoms with Gasteiger partial charge in [-0.3, -0.25) is 10.1 Å². The van der Waals surface area contributed by atoms with Gasteiger partial charge in [-0.1, -0.05) is 6.92 Å². The molecule has 0 atom stereocenters. The predicted octanol–water partition coefficient (Wildman–Crippen LogP) is 2.36. The third-order valence-corrected chi connectivity index (χ3v) is 3.35. The number of aromatic nitrogens is 2. The summed E-state index contributed by atoms with van der Waals surface area (Å²) in [7, 11) is 1.86. The molecule has 0 spiro atoms. The Morgan fingerprint density at radius 2 is 2.15 bits per heavy atom. The van der Waals surface area contributed by atoms with E-state index in [0.29, 0.717) is 23.4 Å². The Kier molecular flexibility index (Phi) is 4.36. The molecule has 0 aromatic carbocycles. The maximum atomic E-state index is 11.3. The molecule has 1 saturated carbocycles. The number of hydrogen-bond donors (Lipinski definition) is 1. The molecule has 0 saturated heterocycles. The Morgan fingerprint density at radius 1 is 1.45 bits per heavy atom. The van der Waals surface area contributed by atoms with Crippen molar-refractivity contribution in [3.63, 3.8) is 0 Å². The van der Waals surface area contributed by atoms with Crippen molar-refractivity contribution in [1.82, 2.24) is 9.97 Å². The topological polar surface area (TPSA) is 84.2 Å². The van der Waals surface area contributed by atoms with Gasteiger partial charge in [-0.2, -0.15) is 4.98 Å². The minimum Gasteiger partial charge on any atom is -0.354 e. The number of aryl methyl sites for hydroxylation is 1. The van der Waals surface area contributed by atoms with E-state index in [1.807, 2.05) is 18.9 Å². The molecule has 1 aromatic rings. The van der Waals surface area contributed by atoms with Gasteiger partial charge in [0.1, 0.15) is 5.69 Å². The number of nitro groups is 1. The van der Waals surface area contributed by atoms with Crippen molar-refractivity contribution in [2.24, 2.45) is 5.92 Å². The van der Waals surface area contributed by atoms with Crippen LogP contribution in [0.2, 0.25) is 0 Å². The molecule has 0 bridgehead atoms. The van der Waals surface area contributed by atoms with Crippen molar-refractivity contribution in [2.45, 2.75) is 33.1 Å². The van der Waals surface area contributed by atoms with Crippen molar-refractivity contribution >= 4 is 17.5 Å². The highest BCUT2D eigenvalue weighted by atomic mass is 16.6. The maximum Gasteiger partial charge on any atom is 0.332 e. The van der Waals surface area contributed by atoms with Crippen molar-refractivity contribution in [1.29, 1.82) is 0 Å². The van der Waals surface area contributed by atoms with Gasteiger partial charge >= 0.3 is 5.69 Å². The van der Waals surface area contributed by atoms with Crippen molar-refractivity contribution < 1.29 is 4.92 Å². The predicted molar refractivity (Wildman–Crippen MR) is 78.2 cm³/mol. The van der Waals surface area contributed by atoms with Crippen molar-refractivity contribution in [3.05, 3.63) is 15.8 Å². The molecule has 7 heteroatoms.